The predicted octanol–water partition coefficient (Wildman–Crippen LogP) is 2.93. The molecule has 0 aromatic heterocycles. The first-order valence-corrected chi connectivity index (χ1v) is 7.19. The first kappa shape index (κ1) is 14.7. The Hall–Kier alpha value is -1.73. The summed E-state index contributed by atoms with van der Waals surface area (Å²) in [6.07, 6.45) is 1.67. The van der Waals surface area contributed by atoms with Gasteiger partial charge >= 0.3 is 0 Å². The summed E-state index contributed by atoms with van der Waals surface area (Å²) in [7, 11) is 1.64. The van der Waals surface area contributed by atoms with Crippen molar-refractivity contribution >= 4 is 0 Å². The Balaban J connectivity index is 2.57. The summed E-state index contributed by atoms with van der Waals surface area (Å²) in [6.45, 7) is 6.52. The second-order valence-corrected chi connectivity index (χ2v) is 4.96. The number of hydrogen-bond donors (Lipinski definition) is 0. The van der Waals surface area contributed by atoms with E-state index in [9.17, 15) is 5.26 Å². The normalized spacial score (nSPS) is 21.6. The van der Waals surface area contributed by atoms with Crippen LogP contribution < -0.4 is 9.47 Å². The van der Waals surface area contributed by atoms with Crippen molar-refractivity contribution < 1.29 is 9.47 Å². The lowest BCUT2D eigenvalue weighted by Gasteiger charge is -2.37. The highest BCUT2D eigenvalue weighted by molar-refractivity contribution is 5.48. The number of fused-ring (bicyclic) bond motifs is 1. The van der Waals surface area contributed by atoms with Gasteiger partial charge in [0.1, 0.15) is 17.0 Å². The third kappa shape index (κ3) is 2.34. The molecular formula is C16H22N2O2. The Morgan fingerprint density at radius 1 is 1.40 bits per heavy atom. The first-order chi connectivity index (χ1) is 9.71. The van der Waals surface area contributed by atoms with E-state index in [0.717, 1.165) is 43.0 Å². The average molecular weight is 274 g/mol. The molecule has 1 aromatic rings. The molecule has 4 heteroatoms. The van der Waals surface area contributed by atoms with E-state index in [1.165, 1.54) is 0 Å². The fraction of sp³-hybridized carbons (Fsp3) is 0.562. The molecule has 0 aliphatic carbocycles. The molecule has 0 saturated heterocycles. The molecule has 20 heavy (non-hydrogen) atoms. The summed E-state index contributed by atoms with van der Waals surface area (Å²) >= 11 is 0. The smallest absolute Gasteiger partial charge is 0.138 e. The van der Waals surface area contributed by atoms with Crippen LogP contribution in [0.25, 0.3) is 0 Å². The molecule has 2 rings (SSSR count). The minimum atomic E-state index is -0.596. The van der Waals surface area contributed by atoms with Gasteiger partial charge in [-0.2, -0.15) is 5.26 Å². The third-order valence-electron chi connectivity index (χ3n) is 4.06. The van der Waals surface area contributed by atoms with Gasteiger partial charge in [-0.15, -0.1) is 0 Å². The number of methoxy groups -OCH3 is 1. The first-order valence-electron chi connectivity index (χ1n) is 7.19. The second kappa shape index (κ2) is 6.15. The molecule has 0 spiro atoms. The summed E-state index contributed by atoms with van der Waals surface area (Å²) in [5.41, 5.74) is 0.365. The van der Waals surface area contributed by atoms with Crippen molar-refractivity contribution in [2.24, 2.45) is 0 Å². The zero-order chi connectivity index (χ0) is 14.6. The molecule has 1 aliphatic rings. The molecule has 1 aromatic carbocycles. The summed E-state index contributed by atoms with van der Waals surface area (Å²) < 4.78 is 11.1. The lowest BCUT2D eigenvalue weighted by molar-refractivity contribution is 0.142. The number of ether oxygens (including phenoxy) is 2. The Kier molecular flexibility index (Phi) is 4.51. The van der Waals surface area contributed by atoms with Gasteiger partial charge in [0.05, 0.1) is 19.8 Å². The fourth-order valence-electron chi connectivity index (χ4n) is 3.01. The monoisotopic (exact) mass is 274 g/mol. The van der Waals surface area contributed by atoms with Crippen molar-refractivity contribution in [3.8, 4) is 17.6 Å². The highest BCUT2D eigenvalue weighted by Gasteiger charge is 2.41. The Labute approximate surface area is 120 Å². The van der Waals surface area contributed by atoms with Crippen LogP contribution in [0, 0.1) is 11.3 Å². The van der Waals surface area contributed by atoms with E-state index < -0.39 is 5.54 Å². The van der Waals surface area contributed by atoms with Crippen molar-refractivity contribution in [3.63, 3.8) is 0 Å². The lowest BCUT2D eigenvalue weighted by Crippen LogP contribution is -2.44. The van der Waals surface area contributed by atoms with E-state index >= 15 is 0 Å². The van der Waals surface area contributed by atoms with Gasteiger partial charge in [0.2, 0.25) is 0 Å². The van der Waals surface area contributed by atoms with Gasteiger partial charge < -0.3 is 9.47 Å². The minimum absolute atomic E-state index is 0.596. The standard InChI is InChI=1S/C16H22N2O2/c1-4-18(5-2)16(12-17)9-6-10-20-15-11-13(19-3)7-8-14(15)16/h7-8,11H,4-6,9-10H2,1-3H3. The van der Waals surface area contributed by atoms with Crippen molar-refractivity contribution in [3.05, 3.63) is 23.8 Å². The highest BCUT2D eigenvalue weighted by Crippen LogP contribution is 2.42. The van der Waals surface area contributed by atoms with Crippen molar-refractivity contribution in [1.29, 1.82) is 5.26 Å². The third-order valence-corrected chi connectivity index (χ3v) is 4.06. The van der Waals surface area contributed by atoms with Crippen LogP contribution in [0.15, 0.2) is 18.2 Å². The predicted molar refractivity (Wildman–Crippen MR) is 77.9 cm³/mol. The van der Waals surface area contributed by atoms with E-state index in [-0.39, 0.29) is 0 Å². The SMILES string of the molecule is CCN(CC)C1(C#N)CCCOc2cc(OC)ccc21. The summed E-state index contributed by atoms with van der Waals surface area (Å²) in [5, 5.41) is 9.89. The van der Waals surface area contributed by atoms with Gasteiger partial charge in [-0.25, -0.2) is 0 Å². The van der Waals surface area contributed by atoms with Gasteiger partial charge in [-0.3, -0.25) is 4.90 Å². The summed E-state index contributed by atoms with van der Waals surface area (Å²) in [5.74, 6) is 1.53. The maximum absolute atomic E-state index is 9.89. The van der Waals surface area contributed by atoms with Crippen LogP contribution in [0.5, 0.6) is 11.5 Å². The summed E-state index contributed by atoms with van der Waals surface area (Å²) in [4.78, 5) is 2.22. The van der Waals surface area contributed by atoms with Crippen LogP contribution in [-0.4, -0.2) is 31.7 Å². The molecule has 0 N–H and O–H groups in total. The van der Waals surface area contributed by atoms with Crippen molar-refractivity contribution in [1.82, 2.24) is 4.90 Å². The highest BCUT2D eigenvalue weighted by atomic mass is 16.5. The fourth-order valence-corrected chi connectivity index (χ4v) is 3.01. The van der Waals surface area contributed by atoms with E-state index in [2.05, 4.69) is 24.8 Å². The minimum Gasteiger partial charge on any atom is -0.497 e. The Bertz CT molecular complexity index is 506. The van der Waals surface area contributed by atoms with Gasteiger partial charge in [0, 0.05) is 11.6 Å². The average Bonchev–Trinajstić information content (AvgIpc) is 2.68. The summed E-state index contributed by atoms with van der Waals surface area (Å²) in [6, 6.07) is 8.32. The molecule has 0 fully saturated rings. The maximum Gasteiger partial charge on any atom is 0.138 e. The van der Waals surface area contributed by atoms with Crippen molar-refractivity contribution in [2.45, 2.75) is 32.2 Å². The molecule has 1 heterocycles. The van der Waals surface area contributed by atoms with Gasteiger partial charge in [-0.05, 0) is 38.1 Å². The zero-order valence-electron chi connectivity index (χ0n) is 12.5. The second-order valence-electron chi connectivity index (χ2n) is 4.96. The molecule has 0 radical (unpaired) electrons. The Morgan fingerprint density at radius 3 is 2.75 bits per heavy atom. The zero-order valence-corrected chi connectivity index (χ0v) is 12.5. The van der Waals surface area contributed by atoms with E-state index in [0.29, 0.717) is 6.61 Å². The van der Waals surface area contributed by atoms with Gasteiger partial charge in [0.25, 0.3) is 0 Å². The van der Waals surface area contributed by atoms with Crippen LogP contribution in [0.3, 0.4) is 0 Å². The van der Waals surface area contributed by atoms with Crippen LogP contribution in [0.1, 0.15) is 32.3 Å². The van der Waals surface area contributed by atoms with Crippen molar-refractivity contribution in [2.75, 3.05) is 26.8 Å². The topological polar surface area (TPSA) is 45.5 Å². The van der Waals surface area contributed by atoms with Gasteiger partial charge in [-0.1, -0.05) is 13.8 Å². The molecule has 1 aliphatic heterocycles. The molecule has 0 saturated carbocycles. The van der Waals surface area contributed by atoms with E-state index in [4.69, 9.17) is 9.47 Å². The molecule has 1 unspecified atom stereocenters. The van der Waals surface area contributed by atoms with E-state index in [1.807, 2.05) is 18.2 Å². The maximum atomic E-state index is 9.89. The molecule has 0 amide bonds. The van der Waals surface area contributed by atoms with Crippen LogP contribution in [0.4, 0.5) is 0 Å². The van der Waals surface area contributed by atoms with E-state index in [1.54, 1.807) is 7.11 Å². The van der Waals surface area contributed by atoms with Crippen LogP contribution in [0.2, 0.25) is 0 Å². The Morgan fingerprint density at radius 2 is 2.15 bits per heavy atom. The lowest BCUT2D eigenvalue weighted by atomic mass is 9.84. The molecule has 0 bridgehead atoms. The molecule has 1 atom stereocenters. The number of benzene rings is 1. The van der Waals surface area contributed by atoms with Crippen LogP contribution >= 0.6 is 0 Å². The molecular weight excluding hydrogens is 252 g/mol. The molecule has 4 nitrogen and oxygen atoms in total. The van der Waals surface area contributed by atoms with Crippen LogP contribution in [-0.2, 0) is 5.54 Å². The largest absolute Gasteiger partial charge is 0.497 e. The molecule has 108 valence electrons. The van der Waals surface area contributed by atoms with Gasteiger partial charge in [0.15, 0.2) is 0 Å². The number of nitrogens with zero attached hydrogens (tertiary/aromatic N) is 2. The number of hydrogen-bond acceptors (Lipinski definition) is 4. The quantitative estimate of drug-likeness (QED) is 0.847. The number of nitriles is 1. The number of rotatable bonds is 4.